The minimum absolute atomic E-state index is 0.135. The molecular formula is C30H38N6O4. The Labute approximate surface area is 235 Å². The fourth-order valence-electron chi connectivity index (χ4n) is 5.38. The molecule has 5 rings (SSSR count). The van der Waals surface area contributed by atoms with Gasteiger partial charge in [0.1, 0.15) is 17.1 Å². The number of carbonyl (C=O) groups is 1. The molecule has 2 fully saturated rings. The van der Waals surface area contributed by atoms with Crippen LogP contribution in [0.1, 0.15) is 27.2 Å². The van der Waals surface area contributed by atoms with Crippen LogP contribution in [-0.4, -0.2) is 92.3 Å². The Hall–Kier alpha value is -4.05. The molecule has 212 valence electrons. The number of ether oxygens (including phenoxy) is 2. The van der Waals surface area contributed by atoms with E-state index in [1.165, 1.54) is 16.8 Å². The van der Waals surface area contributed by atoms with E-state index in [0.29, 0.717) is 55.7 Å². The molecule has 3 heterocycles. The first-order valence-corrected chi connectivity index (χ1v) is 13.8. The molecule has 2 aromatic carbocycles. The molecule has 0 spiro atoms. The Morgan fingerprint density at radius 3 is 2.12 bits per heavy atom. The number of piperazine rings is 2. The van der Waals surface area contributed by atoms with Crippen LogP contribution in [0.15, 0.2) is 47.3 Å². The number of aryl methyl sites for hydroxylation is 2. The molecular weight excluding hydrogens is 508 g/mol. The molecule has 0 bridgehead atoms. The van der Waals surface area contributed by atoms with E-state index in [1.54, 1.807) is 43.4 Å². The summed E-state index contributed by atoms with van der Waals surface area (Å²) in [7, 11) is 3.09. The predicted octanol–water partition coefficient (Wildman–Crippen LogP) is 2.69. The lowest BCUT2D eigenvalue weighted by atomic mass is 10.1. The number of aromatic nitrogens is 2. The average molecular weight is 547 g/mol. The Balaban J connectivity index is 1.20. The van der Waals surface area contributed by atoms with Crippen molar-refractivity contribution < 1.29 is 14.3 Å². The molecule has 1 aromatic heterocycles. The van der Waals surface area contributed by atoms with E-state index < -0.39 is 0 Å². The van der Waals surface area contributed by atoms with Gasteiger partial charge in [0.05, 0.1) is 19.9 Å². The van der Waals surface area contributed by atoms with Crippen LogP contribution in [0.4, 0.5) is 11.6 Å². The average Bonchev–Trinajstić information content (AvgIpc) is 2.98. The number of aromatic amines is 1. The normalized spacial score (nSPS) is 16.2. The number of anilines is 2. The molecule has 0 saturated carbocycles. The van der Waals surface area contributed by atoms with Crippen LogP contribution < -0.4 is 24.8 Å². The molecule has 0 aliphatic carbocycles. The third-order valence-corrected chi connectivity index (χ3v) is 7.90. The van der Waals surface area contributed by atoms with Gasteiger partial charge in [-0.3, -0.25) is 19.5 Å². The van der Waals surface area contributed by atoms with Crippen LogP contribution in [-0.2, 0) is 6.54 Å². The highest BCUT2D eigenvalue weighted by molar-refractivity contribution is 5.99. The smallest absolute Gasteiger partial charge is 0.261 e. The second kappa shape index (κ2) is 12.0. The van der Waals surface area contributed by atoms with Gasteiger partial charge in [0.15, 0.2) is 0 Å². The lowest BCUT2D eigenvalue weighted by Gasteiger charge is -2.37. The molecule has 0 atom stereocenters. The Kier molecular flexibility index (Phi) is 8.25. The van der Waals surface area contributed by atoms with Gasteiger partial charge in [-0.15, -0.1) is 0 Å². The van der Waals surface area contributed by atoms with Gasteiger partial charge in [-0.2, -0.15) is 0 Å². The van der Waals surface area contributed by atoms with Crippen molar-refractivity contribution in [3.8, 4) is 11.5 Å². The quantitative estimate of drug-likeness (QED) is 0.484. The van der Waals surface area contributed by atoms with Gasteiger partial charge in [0.25, 0.3) is 11.5 Å². The fraction of sp³-hybridized carbons (Fsp3) is 0.433. The van der Waals surface area contributed by atoms with Crippen molar-refractivity contribution in [2.45, 2.75) is 20.4 Å². The Morgan fingerprint density at radius 1 is 0.850 bits per heavy atom. The van der Waals surface area contributed by atoms with Gasteiger partial charge in [-0.05, 0) is 49.2 Å². The highest BCUT2D eigenvalue weighted by Crippen LogP contribution is 2.30. The Morgan fingerprint density at radius 2 is 1.50 bits per heavy atom. The van der Waals surface area contributed by atoms with E-state index in [2.05, 4.69) is 46.8 Å². The molecule has 1 amide bonds. The zero-order chi connectivity index (χ0) is 28.2. The third kappa shape index (κ3) is 5.91. The van der Waals surface area contributed by atoms with Gasteiger partial charge in [-0.1, -0.05) is 12.1 Å². The highest BCUT2D eigenvalue weighted by atomic mass is 16.5. The number of amides is 1. The number of nitrogens with zero attached hydrogens (tertiary/aromatic N) is 5. The van der Waals surface area contributed by atoms with E-state index in [0.717, 1.165) is 31.9 Å². The summed E-state index contributed by atoms with van der Waals surface area (Å²) in [6.07, 6.45) is 0. The monoisotopic (exact) mass is 546 g/mol. The molecule has 40 heavy (non-hydrogen) atoms. The van der Waals surface area contributed by atoms with E-state index in [-0.39, 0.29) is 11.5 Å². The molecule has 3 aromatic rings. The number of nitrogens with one attached hydrogen (secondary N) is 1. The number of methoxy groups -OCH3 is 2. The molecule has 10 nitrogen and oxygen atoms in total. The lowest BCUT2D eigenvalue weighted by molar-refractivity contribution is 0.0739. The lowest BCUT2D eigenvalue weighted by Crippen LogP contribution is -2.49. The fourth-order valence-corrected chi connectivity index (χ4v) is 5.38. The molecule has 0 radical (unpaired) electrons. The van der Waals surface area contributed by atoms with Gasteiger partial charge in [-0.25, -0.2) is 4.98 Å². The number of hydrogen-bond acceptors (Lipinski definition) is 8. The van der Waals surface area contributed by atoms with Crippen molar-refractivity contribution in [1.82, 2.24) is 19.8 Å². The maximum Gasteiger partial charge on any atom is 0.261 e. The third-order valence-electron chi connectivity index (χ3n) is 7.90. The standard InChI is InChI=1S/C30H38N6O4/c1-21-8-9-24(18-22(21)2)34-12-10-33(11-13-34)20-23-19-27(37)32-30(31-23)36-16-14-35(15-17-36)29(38)28-25(39-3)6-5-7-26(28)40-4/h5-9,18-19H,10-17,20H2,1-4H3,(H,31,32,37). The van der Waals surface area contributed by atoms with E-state index in [9.17, 15) is 9.59 Å². The van der Waals surface area contributed by atoms with Crippen molar-refractivity contribution in [3.63, 3.8) is 0 Å². The van der Waals surface area contributed by atoms with Crippen molar-refractivity contribution in [1.29, 1.82) is 0 Å². The van der Waals surface area contributed by atoms with Crippen LogP contribution in [0.2, 0.25) is 0 Å². The summed E-state index contributed by atoms with van der Waals surface area (Å²) < 4.78 is 10.8. The molecule has 1 N–H and O–H groups in total. The molecule has 10 heteroatoms. The zero-order valence-corrected chi connectivity index (χ0v) is 23.8. The first kappa shape index (κ1) is 27.5. The summed E-state index contributed by atoms with van der Waals surface area (Å²) >= 11 is 0. The first-order valence-electron chi connectivity index (χ1n) is 13.8. The van der Waals surface area contributed by atoms with E-state index >= 15 is 0 Å². The minimum Gasteiger partial charge on any atom is -0.496 e. The largest absolute Gasteiger partial charge is 0.496 e. The number of carbonyl (C=O) groups excluding carboxylic acids is 1. The summed E-state index contributed by atoms with van der Waals surface area (Å²) in [4.78, 5) is 42.2. The van der Waals surface area contributed by atoms with Crippen LogP contribution in [0.5, 0.6) is 11.5 Å². The molecule has 0 unspecified atom stereocenters. The minimum atomic E-state index is -0.161. The van der Waals surface area contributed by atoms with Crippen LogP contribution in [0.3, 0.4) is 0 Å². The van der Waals surface area contributed by atoms with Crippen LogP contribution in [0, 0.1) is 13.8 Å². The predicted molar refractivity (Wildman–Crippen MR) is 156 cm³/mol. The summed E-state index contributed by atoms with van der Waals surface area (Å²) in [6, 6.07) is 13.5. The SMILES string of the molecule is COc1cccc(OC)c1C(=O)N1CCN(c2nc(CN3CCN(c4ccc(C)c(C)c4)CC3)cc(=O)[nH]2)CC1. The zero-order valence-electron chi connectivity index (χ0n) is 23.8. The maximum absolute atomic E-state index is 13.3. The molecule has 2 aliphatic rings. The maximum atomic E-state index is 13.3. The van der Waals surface area contributed by atoms with Gasteiger partial charge in [0.2, 0.25) is 5.95 Å². The topological polar surface area (TPSA) is 94.2 Å². The molecule has 2 aliphatic heterocycles. The van der Waals surface area contributed by atoms with Gasteiger partial charge < -0.3 is 24.2 Å². The highest BCUT2D eigenvalue weighted by Gasteiger charge is 2.28. The van der Waals surface area contributed by atoms with E-state index in [1.807, 2.05) is 4.90 Å². The summed E-state index contributed by atoms with van der Waals surface area (Å²) in [5, 5.41) is 0. The first-order chi connectivity index (χ1) is 19.4. The number of H-pyrrole nitrogens is 1. The second-order valence-electron chi connectivity index (χ2n) is 10.4. The van der Waals surface area contributed by atoms with Crippen LogP contribution in [0.25, 0.3) is 0 Å². The summed E-state index contributed by atoms with van der Waals surface area (Å²) in [6.45, 7) is 10.7. The van der Waals surface area contributed by atoms with Crippen molar-refractivity contribution >= 4 is 17.5 Å². The van der Waals surface area contributed by atoms with Crippen molar-refractivity contribution in [2.75, 3.05) is 76.4 Å². The number of hydrogen-bond donors (Lipinski definition) is 1. The van der Waals surface area contributed by atoms with Crippen molar-refractivity contribution in [2.24, 2.45) is 0 Å². The summed E-state index contributed by atoms with van der Waals surface area (Å²) in [5.74, 6) is 1.39. The second-order valence-corrected chi connectivity index (χ2v) is 10.4. The number of rotatable bonds is 7. The van der Waals surface area contributed by atoms with Gasteiger partial charge in [0, 0.05) is 70.7 Å². The number of benzene rings is 2. The summed E-state index contributed by atoms with van der Waals surface area (Å²) in [5.41, 5.74) is 4.91. The van der Waals surface area contributed by atoms with E-state index in [4.69, 9.17) is 14.5 Å². The van der Waals surface area contributed by atoms with Gasteiger partial charge >= 0.3 is 0 Å². The Bertz CT molecular complexity index is 1390. The van der Waals surface area contributed by atoms with Crippen molar-refractivity contribution in [3.05, 3.63) is 75.2 Å². The van der Waals surface area contributed by atoms with Crippen LogP contribution >= 0.6 is 0 Å². The molecule has 2 saturated heterocycles.